The maximum absolute atomic E-state index is 5.28. The summed E-state index contributed by atoms with van der Waals surface area (Å²) >= 11 is 0. The van der Waals surface area contributed by atoms with Crippen LogP contribution >= 0.6 is 0 Å². The SMILES string of the molecule is CCn1cc(C(C)Nc2ccc(-c3cnco3)cc2)cn1. The largest absolute Gasteiger partial charge is 0.444 e. The first-order valence-corrected chi connectivity index (χ1v) is 7.04. The Kier molecular flexibility index (Phi) is 3.73. The van der Waals surface area contributed by atoms with Crippen molar-refractivity contribution in [1.29, 1.82) is 0 Å². The fourth-order valence-corrected chi connectivity index (χ4v) is 2.20. The van der Waals surface area contributed by atoms with Gasteiger partial charge in [-0.1, -0.05) is 0 Å². The summed E-state index contributed by atoms with van der Waals surface area (Å²) in [6, 6.07) is 8.33. The number of aromatic nitrogens is 3. The minimum absolute atomic E-state index is 0.210. The summed E-state index contributed by atoms with van der Waals surface area (Å²) in [5, 5.41) is 7.77. The van der Waals surface area contributed by atoms with Crippen LogP contribution in [0.4, 0.5) is 5.69 Å². The van der Waals surface area contributed by atoms with Crippen LogP contribution in [0.15, 0.2) is 53.7 Å². The number of benzene rings is 1. The highest BCUT2D eigenvalue weighted by Crippen LogP contribution is 2.23. The van der Waals surface area contributed by atoms with Gasteiger partial charge in [0, 0.05) is 29.6 Å². The summed E-state index contributed by atoms with van der Waals surface area (Å²) in [6.07, 6.45) is 7.13. The fourth-order valence-electron chi connectivity index (χ4n) is 2.20. The molecule has 0 aliphatic heterocycles. The molecule has 1 atom stereocenters. The predicted molar refractivity (Wildman–Crippen MR) is 81.9 cm³/mol. The average Bonchev–Trinajstić information content (AvgIpc) is 3.19. The Bertz CT molecular complexity index is 685. The van der Waals surface area contributed by atoms with E-state index < -0.39 is 0 Å². The monoisotopic (exact) mass is 282 g/mol. The molecule has 2 heterocycles. The molecule has 1 N–H and O–H groups in total. The third-order valence-electron chi connectivity index (χ3n) is 3.46. The predicted octanol–water partition coefficient (Wildman–Crippen LogP) is 3.73. The molecule has 3 aromatic rings. The first kappa shape index (κ1) is 13.4. The minimum atomic E-state index is 0.210. The van der Waals surface area contributed by atoms with Gasteiger partial charge in [-0.3, -0.25) is 4.68 Å². The van der Waals surface area contributed by atoms with E-state index in [4.69, 9.17) is 4.42 Å². The molecule has 108 valence electrons. The van der Waals surface area contributed by atoms with Crippen molar-refractivity contribution in [3.05, 3.63) is 54.8 Å². The van der Waals surface area contributed by atoms with Crippen LogP contribution in [0.3, 0.4) is 0 Å². The van der Waals surface area contributed by atoms with Crippen molar-refractivity contribution in [1.82, 2.24) is 14.8 Å². The Morgan fingerprint density at radius 2 is 2.05 bits per heavy atom. The van der Waals surface area contributed by atoms with Crippen LogP contribution in [-0.4, -0.2) is 14.8 Å². The molecule has 1 aromatic carbocycles. The van der Waals surface area contributed by atoms with E-state index >= 15 is 0 Å². The van der Waals surface area contributed by atoms with Gasteiger partial charge in [0.2, 0.25) is 0 Å². The standard InChI is InChI=1S/C16H18N4O/c1-3-20-10-14(8-18-20)12(2)19-15-6-4-13(5-7-15)16-9-17-11-21-16/h4-12,19H,3H2,1-2H3. The molecule has 3 rings (SSSR count). The zero-order valence-corrected chi connectivity index (χ0v) is 12.2. The number of hydrogen-bond acceptors (Lipinski definition) is 4. The Balaban J connectivity index is 1.70. The third kappa shape index (κ3) is 2.97. The maximum atomic E-state index is 5.28. The highest BCUT2D eigenvalue weighted by molar-refractivity contribution is 5.60. The molecule has 0 saturated carbocycles. The number of nitrogens with zero attached hydrogens (tertiary/aromatic N) is 3. The van der Waals surface area contributed by atoms with Crippen molar-refractivity contribution >= 4 is 5.69 Å². The van der Waals surface area contributed by atoms with Crippen molar-refractivity contribution in [2.45, 2.75) is 26.4 Å². The van der Waals surface area contributed by atoms with Gasteiger partial charge in [0.1, 0.15) is 0 Å². The lowest BCUT2D eigenvalue weighted by atomic mass is 10.1. The Morgan fingerprint density at radius 1 is 1.24 bits per heavy atom. The van der Waals surface area contributed by atoms with Crippen molar-refractivity contribution in [3.63, 3.8) is 0 Å². The highest BCUT2D eigenvalue weighted by Gasteiger charge is 2.08. The Morgan fingerprint density at radius 3 is 2.67 bits per heavy atom. The molecular formula is C16H18N4O. The van der Waals surface area contributed by atoms with Crippen LogP contribution in [0, 0.1) is 0 Å². The Hall–Kier alpha value is -2.56. The van der Waals surface area contributed by atoms with Gasteiger partial charge in [-0.15, -0.1) is 0 Å². The minimum Gasteiger partial charge on any atom is -0.444 e. The molecule has 0 aliphatic rings. The van der Waals surface area contributed by atoms with E-state index in [-0.39, 0.29) is 6.04 Å². The number of oxazole rings is 1. The summed E-state index contributed by atoms with van der Waals surface area (Å²) in [6.45, 7) is 5.09. The molecule has 0 saturated heterocycles. The van der Waals surface area contributed by atoms with Gasteiger partial charge in [0.15, 0.2) is 12.2 Å². The summed E-state index contributed by atoms with van der Waals surface area (Å²) in [4.78, 5) is 3.93. The second-order valence-electron chi connectivity index (χ2n) is 4.94. The zero-order valence-electron chi connectivity index (χ0n) is 12.2. The van der Waals surface area contributed by atoms with Crippen LogP contribution in [-0.2, 0) is 6.54 Å². The average molecular weight is 282 g/mol. The topological polar surface area (TPSA) is 55.9 Å². The second-order valence-corrected chi connectivity index (χ2v) is 4.94. The van der Waals surface area contributed by atoms with E-state index in [2.05, 4.69) is 35.4 Å². The lowest BCUT2D eigenvalue weighted by Gasteiger charge is -2.13. The molecule has 0 amide bonds. The van der Waals surface area contributed by atoms with Crippen molar-refractivity contribution < 1.29 is 4.42 Å². The maximum Gasteiger partial charge on any atom is 0.181 e. The van der Waals surface area contributed by atoms with E-state index in [1.807, 2.05) is 35.1 Å². The molecular weight excluding hydrogens is 264 g/mol. The van der Waals surface area contributed by atoms with Crippen molar-refractivity contribution in [2.24, 2.45) is 0 Å². The van der Waals surface area contributed by atoms with Crippen LogP contribution in [0.2, 0.25) is 0 Å². The lowest BCUT2D eigenvalue weighted by molar-refractivity contribution is 0.572. The first-order valence-electron chi connectivity index (χ1n) is 7.04. The molecule has 1 unspecified atom stereocenters. The molecule has 5 heteroatoms. The number of anilines is 1. The summed E-state index contributed by atoms with van der Waals surface area (Å²) < 4.78 is 7.21. The molecule has 5 nitrogen and oxygen atoms in total. The van der Waals surface area contributed by atoms with Gasteiger partial charge < -0.3 is 9.73 Å². The molecule has 21 heavy (non-hydrogen) atoms. The van der Waals surface area contributed by atoms with Gasteiger partial charge in [0.25, 0.3) is 0 Å². The van der Waals surface area contributed by atoms with Gasteiger partial charge in [0.05, 0.1) is 18.4 Å². The van der Waals surface area contributed by atoms with Gasteiger partial charge in [-0.05, 0) is 38.1 Å². The highest BCUT2D eigenvalue weighted by atomic mass is 16.3. The van der Waals surface area contributed by atoms with Crippen LogP contribution < -0.4 is 5.32 Å². The lowest BCUT2D eigenvalue weighted by Crippen LogP contribution is -2.05. The van der Waals surface area contributed by atoms with E-state index in [0.717, 1.165) is 23.6 Å². The quantitative estimate of drug-likeness (QED) is 0.774. The molecule has 2 aromatic heterocycles. The number of aryl methyl sites for hydroxylation is 1. The number of hydrogen-bond donors (Lipinski definition) is 1. The smallest absolute Gasteiger partial charge is 0.181 e. The molecule has 0 aliphatic carbocycles. The molecule has 0 bridgehead atoms. The number of rotatable bonds is 5. The van der Waals surface area contributed by atoms with E-state index in [1.165, 1.54) is 12.0 Å². The Labute approximate surface area is 123 Å². The van der Waals surface area contributed by atoms with Crippen LogP contribution in [0.5, 0.6) is 0 Å². The van der Waals surface area contributed by atoms with E-state index in [1.54, 1.807) is 6.20 Å². The third-order valence-corrected chi connectivity index (χ3v) is 3.46. The zero-order chi connectivity index (χ0) is 14.7. The molecule has 0 fully saturated rings. The molecule has 0 radical (unpaired) electrons. The first-order chi connectivity index (χ1) is 10.3. The normalized spacial score (nSPS) is 12.3. The van der Waals surface area contributed by atoms with E-state index in [0.29, 0.717) is 0 Å². The summed E-state index contributed by atoms with van der Waals surface area (Å²) in [7, 11) is 0. The molecule has 0 spiro atoms. The van der Waals surface area contributed by atoms with E-state index in [9.17, 15) is 0 Å². The van der Waals surface area contributed by atoms with Crippen molar-refractivity contribution in [2.75, 3.05) is 5.32 Å². The van der Waals surface area contributed by atoms with Crippen LogP contribution in [0.25, 0.3) is 11.3 Å². The van der Waals surface area contributed by atoms with Gasteiger partial charge in [-0.25, -0.2) is 4.98 Å². The van der Waals surface area contributed by atoms with Crippen LogP contribution in [0.1, 0.15) is 25.5 Å². The van der Waals surface area contributed by atoms with Gasteiger partial charge >= 0.3 is 0 Å². The summed E-state index contributed by atoms with van der Waals surface area (Å²) in [5.74, 6) is 0.777. The van der Waals surface area contributed by atoms with Crippen molar-refractivity contribution in [3.8, 4) is 11.3 Å². The number of nitrogens with one attached hydrogen (secondary N) is 1. The summed E-state index contributed by atoms with van der Waals surface area (Å²) in [5.41, 5.74) is 3.26. The second kappa shape index (κ2) is 5.83. The fraction of sp³-hybridized carbons (Fsp3) is 0.250. The van der Waals surface area contributed by atoms with Gasteiger partial charge in [-0.2, -0.15) is 5.10 Å².